The molecule has 0 spiro atoms. The number of aryl methyl sites for hydroxylation is 2. The fourth-order valence-corrected chi connectivity index (χ4v) is 3.79. The number of aromatic nitrogens is 3. The molecule has 1 aliphatic carbocycles. The Morgan fingerprint density at radius 3 is 2.96 bits per heavy atom. The van der Waals surface area contributed by atoms with Crippen LogP contribution in [-0.4, -0.2) is 14.4 Å². The van der Waals surface area contributed by atoms with Crippen LogP contribution in [0.2, 0.25) is 5.02 Å². The molecule has 4 aromatic rings. The second kappa shape index (κ2) is 5.21. The van der Waals surface area contributed by atoms with Crippen molar-refractivity contribution in [3.8, 4) is 0 Å². The zero-order valence-electron chi connectivity index (χ0n) is 13.0. The fraction of sp³-hybridized carbons (Fsp3) is 0.158. The van der Waals surface area contributed by atoms with Crippen LogP contribution in [0.5, 0.6) is 0 Å². The van der Waals surface area contributed by atoms with Crippen molar-refractivity contribution in [2.75, 3.05) is 5.32 Å². The van der Waals surface area contributed by atoms with Gasteiger partial charge in [0.05, 0.1) is 16.1 Å². The van der Waals surface area contributed by atoms with Crippen molar-refractivity contribution < 1.29 is 0 Å². The van der Waals surface area contributed by atoms with Gasteiger partial charge in [0.25, 0.3) is 0 Å². The molecule has 2 heterocycles. The number of fused-ring (bicyclic) bond motifs is 4. The molecule has 2 aromatic carbocycles. The van der Waals surface area contributed by atoms with E-state index in [0.29, 0.717) is 5.02 Å². The lowest BCUT2D eigenvalue weighted by Crippen LogP contribution is -2.01. The molecule has 0 unspecified atom stereocenters. The quantitative estimate of drug-likeness (QED) is 0.574. The monoisotopic (exact) mass is 334 g/mol. The van der Waals surface area contributed by atoms with Crippen LogP contribution in [0.1, 0.15) is 17.5 Å². The molecule has 1 N–H and O–H groups in total. The topological polar surface area (TPSA) is 42.2 Å². The number of imidazole rings is 1. The van der Waals surface area contributed by atoms with Crippen molar-refractivity contribution in [3.05, 3.63) is 64.9 Å². The Kier molecular flexibility index (Phi) is 3.00. The van der Waals surface area contributed by atoms with Crippen molar-refractivity contribution in [3.63, 3.8) is 0 Å². The summed E-state index contributed by atoms with van der Waals surface area (Å²) in [6.07, 6.45) is 7.28. The van der Waals surface area contributed by atoms with E-state index in [-0.39, 0.29) is 0 Å². The highest BCUT2D eigenvalue weighted by atomic mass is 35.5. The number of rotatable bonds is 2. The van der Waals surface area contributed by atoms with Gasteiger partial charge < -0.3 is 5.32 Å². The van der Waals surface area contributed by atoms with E-state index in [2.05, 4.69) is 28.5 Å². The van der Waals surface area contributed by atoms with Crippen LogP contribution in [-0.2, 0) is 12.8 Å². The summed E-state index contributed by atoms with van der Waals surface area (Å²) < 4.78 is 1.99. The number of anilines is 2. The first-order valence-electron chi connectivity index (χ1n) is 8.10. The van der Waals surface area contributed by atoms with Crippen LogP contribution < -0.4 is 5.32 Å². The van der Waals surface area contributed by atoms with Gasteiger partial charge >= 0.3 is 0 Å². The molecule has 0 saturated carbocycles. The summed E-state index contributed by atoms with van der Waals surface area (Å²) in [5.41, 5.74) is 6.45. The lowest BCUT2D eigenvalue weighted by atomic mass is 10.1. The average Bonchev–Trinajstić information content (AvgIpc) is 3.23. The predicted octanol–water partition coefficient (Wildman–Crippen LogP) is 4.77. The van der Waals surface area contributed by atoms with Crippen LogP contribution in [0.3, 0.4) is 0 Å². The van der Waals surface area contributed by atoms with Gasteiger partial charge in [0, 0.05) is 18.1 Å². The Balaban J connectivity index is 1.67. The molecule has 0 fully saturated rings. The molecule has 1 aliphatic rings. The molecule has 0 atom stereocenters. The zero-order chi connectivity index (χ0) is 16.1. The summed E-state index contributed by atoms with van der Waals surface area (Å²) in [6.45, 7) is 0. The number of nitrogens with zero attached hydrogens (tertiary/aromatic N) is 3. The summed E-state index contributed by atoms with van der Waals surface area (Å²) in [7, 11) is 0. The van der Waals surface area contributed by atoms with Gasteiger partial charge in [-0.25, -0.2) is 9.97 Å². The highest BCUT2D eigenvalue weighted by Crippen LogP contribution is 2.30. The van der Waals surface area contributed by atoms with Gasteiger partial charge in [0.2, 0.25) is 0 Å². The van der Waals surface area contributed by atoms with E-state index in [4.69, 9.17) is 16.6 Å². The van der Waals surface area contributed by atoms with Crippen molar-refractivity contribution >= 4 is 39.8 Å². The highest BCUT2D eigenvalue weighted by Gasteiger charge is 2.14. The minimum Gasteiger partial charge on any atom is -0.337 e. The van der Waals surface area contributed by atoms with E-state index in [1.54, 1.807) is 6.20 Å². The number of hydrogen-bond donors (Lipinski definition) is 1. The normalized spacial score (nSPS) is 13.5. The third-order valence-corrected chi connectivity index (χ3v) is 4.96. The summed E-state index contributed by atoms with van der Waals surface area (Å²) in [5.74, 6) is 0.743. The first-order chi connectivity index (χ1) is 11.8. The second-order valence-electron chi connectivity index (χ2n) is 6.15. The molecule has 2 aromatic heterocycles. The van der Waals surface area contributed by atoms with E-state index in [1.165, 1.54) is 24.0 Å². The molecule has 118 valence electrons. The third kappa shape index (κ3) is 2.07. The van der Waals surface area contributed by atoms with Crippen molar-refractivity contribution in [2.45, 2.75) is 19.3 Å². The number of benzene rings is 2. The molecule has 0 amide bonds. The fourth-order valence-electron chi connectivity index (χ4n) is 3.53. The van der Waals surface area contributed by atoms with Gasteiger partial charge in [-0.2, -0.15) is 0 Å². The van der Waals surface area contributed by atoms with Gasteiger partial charge in [-0.1, -0.05) is 23.7 Å². The third-order valence-electron chi connectivity index (χ3n) is 4.65. The first-order valence-corrected chi connectivity index (χ1v) is 8.47. The minimum atomic E-state index is 0.673. The number of hydrogen-bond acceptors (Lipinski definition) is 3. The van der Waals surface area contributed by atoms with E-state index >= 15 is 0 Å². The first kappa shape index (κ1) is 13.8. The largest absolute Gasteiger partial charge is 0.337 e. The molecule has 5 rings (SSSR count). The summed E-state index contributed by atoms with van der Waals surface area (Å²) >= 11 is 6.36. The Hall–Kier alpha value is -2.59. The Labute approximate surface area is 144 Å². The number of nitrogens with one attached hydrogen (secondary N) is 1. The maximum Gasteiger partial charge on any atom is 0.180 e. The number of halogens is 1. The smallest absolute Gasteiger partial charge is 0.180 e. The predicted molar refractivity (Wildman–Crippen MR) is 97.3 cm³/mol. The van der Waals surface area contributed by atoms with Crippen LogP contribution in [0, 0.1) is 0 Å². The molecular weight excluding hydrogens is 320 g/mol. The van der Waals surface area contributed by atoms with Crippen molar-refractivity contribution in [2.24, 2.45) is 0 Å². The summed E-state index contributed by atoms with van der Waals surface area (Å²) in [6, 6.07) is 12.3. The second-order valence-corrected chi connectivity index (χ2v) is 6.56. The SMILES string of the molecule is Clc1cccc2nc(Nc3ccc4c(c3)CCC4)c3nccn3c12. The lowest BCUT2D eigenvalue weighted by molar-refractivity contribution is 0.912. The molecular formula is C19H15ClN4. The maximum atomic E-state index is 6.36. The molecule has 0 bridgehead atoms. The molecule has 0 saturated heterocycles. The molecule has 0 aliphatic heterocycles. The molecule has 5 heteroatoms. The maximum absolute atomic E-state index is 6.36. The van der Waals surface area contributed by atoms with Crippen LogP contribution >= 0.6 is 11.6 Å². The number of para-hydroxylation sites is 1. The Morgan fingerprint density at radius 2 is 2.00 bits per heavy atom. The minimum absolute atomic E-state index is 0.673. The Bertz CT molecular complexity index is 1080. The molecule has 24 heavy (non-hydrogen) atoms. The molecule has 0 radical (unpaired) electrons. The van der Waals surface area contributed by atoms with E-state index in [9.17, 15) is 0 Å². The zero-order valence-corrected chi connectivity index (χ0v) is 13.7. The van der Waals surface area contributed by atoms with Crippen LogP contribution in [0.15, 0.2) is 48.8 Å². The van der Waals surface area contributed by atoms with Gasteiger partial charge in [-0.3, -0.25) is 4.40 Å². The lowest BCUT2D eigenvalue weighted by Gasteiger charge is -2.11. The van der Waals surface area contributed by atoms with Gasteiger partial charge in [0.1, 0.15) is 0 Å². The molecule has 4 nitrogen and oxygen atoms in total. The van der Waals surface area contributed by atoms with E-state index in [0.717, 1.165) is 34.6 Å². The standard InChI is InChI=1S/C19H15ClN4/c20-15-5-2-6-16-17(15)24-10-9-21-19(24)18(23-16)22-14-8-7-12-3-1-4-13(12)11-14/h2,5-11H,1,3-4H2,(H,22,23). The van der Waals surface area contributed by atoms with Crippen molar-refractivity contribution in [1.82, 2.24) is 14.4 Å². The summed E-state index contributed by atoms with van der Waals surface area (Å²) in [4.78, 5) is 9.20. The van der Waals surface area contributed by atoms with Gasteiger partial charge in [-0.15, -0.1) is 0 Å². The van der Waals surface area contributed by atoms with Crippen molar-refractivity contribution in [1.29, 1.82) is 0 Å². The van der Waals surface area contributed by atoms with E-state index < -0.39 is 0 Å². The van der Waals surface area contributed by atoms with Crippen LogP contribution in [0.4, 0.5) is 11.5 Å². The Morgan fingerprint density at radius 1 is 1.08 bits per heavy atom. The summed E-state index contributed by atoms with van der Waals surface area (Å²) in [5, 5.41) is 4.11. The van der Waals surface area contributed by atoms with Gasteiger partial charge in [-0.05, 0) is 54.7 Å². The van der Waals surface area contributed by atoms with Gasteiger partial charge in [0.15, 0.2) is 11.5 Å². The average molecular weight is 335 g/mol. The van der Waals surface area contributed by atoms with E-state index in [1.807, 2.05) is 28.8 Å². The highest BCUT2D eigenvalue weighted by molar-refractivity contribution is 6.35. The van der Waals surface area contributed by atoms with Crippen LogP contribution in [0.25, 0.3) is 16.7 Å².